The molecule has 280 valence electrons. The monoisotopic (exact) mass is 697 g/mol. The summed E-state index contributed by atoms with van der Waals surface area (Å²) in [6.45, 7) is 4.52. The fourth-order valence-electron chi connectivity index (χ4n) is 6.91. The normalized spacial score (nSPS) is 11.2. The quantitative estimate of drug-likeness (QED) is 0.0314. The first-order chi connectivity index (χ1) is 25.1. The van der Waals surface area contributed by atoms with Crippen LogP contribution in [0.25, 0.3) is 0 Å². The van der Waals surface area contributed by atoms with E-state index in [2.05, 4.69) is 38.1 Å². The van der Waals surface area contributed by atoms with Gasteiger partial charge in [0.2, 0.25) is 0 Å². The number of carbonyl (C=O) groups excluding carboxylic acids is 2. The van der Waals surface area contributed by atoms with Gasteiger partial charge in [-0.05, 0) is 53.8 Å². The molecular weight excluding hydrogens is 629 g/mol. The predicted octanol–water partition coefficient (Wildman–Crippen LogP) is 14.1. The van der Waals surface area contributed by atoms with Gasteiger partial charge in [0.1, 0.15) is 11.5 Å². The van der Waals surface area contributed by atoms with Crippen molar-refractivity contribution >= 4 is 11.9 Å². The van der Waals surface area contributed by atoms with Gasteiger partial charge in [0.15, 0.2) is 0 Å². The molecule has 0 atom stereocenters. The van der Waals surface area contributed by atoms with Crippen molar-refractivity contribution in [2.75, 3.05) is 0 Å². The molecule has 3 aromatic carbocycles. The zero-order valence-electron chi connectivity index (χ0n) is 32.2. The number of unbranched alkanes of at least 4 members (excludes halogenated alkanes) is 20. The van der Waals surface area contributed by atoms with Crippen LogP contribution in [0.3, 0.4) is 0 Å². The first-order valence-corrected chi connectivity index (χ1v) is 20.8. The Hall–Kier alpha value is -3.40. The summed E-state index contributed by atoms with van der Waals surface area (Å²) in [4.78, 5) is 25.1. The zero-order valence-corrected chi connectivity index (χ0v) is 32.2. The molecule has 0 aliphatic rings. The number of benzene rings is 3. The van der Waals surface area contributed by atoms with Gasteiger partial charge in [0.25, 0.3) is 0 Å². The zero-order chi connectivity index (χ0) is 36.2. The topological polar surface area (TPSA) is 52.6 Å². The van der Waals surface area contributed by atoms with Crippen LogP contribution >= 0.6 is 0 Å². The van der Waals surface area contributed by atoms with E-state index in [1.165, 1.54) is 121 Å². The number of hydrogen-bond acceptors (Lipinski definition) is 4. The minimum absolute atomic E-state index is 0.00613. The Labute approximate surface area is 311 Å². The van der Waals surface area contributed by atoms with Crippen molar-refractivity contribution in [1.82, 2.24) is 0 Å². The lowest BCUT2D eigenvalue weighted by molar-refractivity contribution is -0.135. The highest BCUT2D eigenvalue weighted by atomic mass is 16.5. The Morgan fingerprint density at radius 2 is 0.686 bits per heavy atom. The van der Waals surface area contributed by atoms with Crippen molar-refractivity contribution in [3.63, 3.8) is 0 Å². The van der Waals surface area contributed by atoms with E-state index >= 15 is 0 Å². The van der Waals surface area contributed by atoms with E-state index in [1.807, 2.05) is 54.6 Å². The SMILES string of the molecule is CCCCCCCCCCCCCC(=O)Oc1ccc(C(c2ccccc2)c2ccc(OC(=O)CCCCCCCCCCCCC)cc2)cc1. The van der Waals surface area contributed by atoms with Gasteiger partial charge in [-0.3, -0.25) is 9.59 Å². The lowest BCUT2D eigenvalue weighted by Crippen LogP contribution is -2.09. The fraction of sp³-hybridized carbons (Fsp3) is 0.574. The van der Waals surface area contributed by atoms with E-state index in [0.29, 0.717) is 24.3 Å². The van der Waals surface area contributed by atoms with Crippen LogP contribution in [0.1, 0.15) is 191 Å². The summed E-state index contributed by atoms with van der Waals surface area (Å²) < 4.78 is 11.4. The van der Waals surface area contributed by atoms with Gasteiger partial charge in [0.05, 0.1) is 0 Å². The molecular formula is C47H68O4. The van der Waals surface area contributed by atoms with Gasteiger partial charge in [0, 0.05) is 18.8 Å². The van der Waals surface area contributed by atoms with E-state index < -0.39 is 0 Å². The standard InChI is InChI=1S/C47H68O4/c1-3-5-7-9-11-13-15-17-19-21-26-30-45(48)50-43-36-32-41(33-37-43)47(40-28-24-23-25-29-40)42-34-38-44(39-35-42)51-46(49)31-27-22-20-18-16-14-12-10-8-6-4-2/h23-25,28-29,32-39,47H,3-22,26-27,30-31H2,1-2H3. The average molecular weight is 697 g/mol. The van der Waals surface area contributed by atoms with E-state index in [-0.39, 0.29) is 17.9 Å². The minimum Gasteiger partial charge on any atom is -0.427 e. The van der Waals surface area contributed by atoms with Crippen molar-refractivity contribution in [3.8, 4) is 11.5 Å². The molecule has 0 aliphatic carbocycles. The third-order valence-corrected chi connectivity index (χ3v) is 9.99. The molecule has 0 spiro atoms. The molecule has 0 saturated carbocycles. The summed E-state index contributed by atoms with van der Waals surface area (Å²) >= 11 is 0. The second-order valence-corrected chi connectivity index (χ2v) is 14.5. The molecule has 3 aromatic rings. The van der Waals surface area contributed by atoms with Gasteiger partial charge in [-0.1, -0.05) is 197 Å². The summed E-state index contributed by atoms with van der Waals surface area (Å²) in [5, 5.41) is 0. The summed E-state index contributed by atoms with van der Waals surface area (Å²) in [5.74, 6) is 0.838. The first-order valence-electron chi connectivity index (χ1n) is 20.8. The van der Waals surface area contributed by atoms with Crippen molar-refractivity contribution in [3.05, 3.63) is 95.6 Å². The molecule has 0 bridgehead atoms. The van der Waals surface area contributed by atoms with Crippen molar-refractivity contribution < 1.29 is 19.1 Å². The number of rotatable bonds is 29. The van der Waals surface area contributed by atoms with Crippen LogP contribution in [0.2, 0.25) is 0 Å². The fourth-order valence-corrected chi connectivity index (χ4v) is 6.91. The molecule has 0 N–H and O–H groups in total. The van der Waals surface area contributed by atoms with E-state index in [1.54, 1.807) is 0 Å². The highest BCUT2D eigenvalue weighted by Gasteiger charge is 2.18. The Bertz CT molecular complexity index is 1210. The number of ether oxygens (including phenoxy) is 2. The van der Waals surface area contributed by atoms with Crippen LogP contribution in [0.5, 0.6) is 11.5 Å². The number of carbonyl (C=O) groups is 2. The Morgan fingerprint density at radius 1 is 0.392 bits per heavy atom. The van der Waals surface area contributed by atoms with Crippen molar-refractivity contribution in [1.29, 1.82) is 0 Å². The van der Waals surface area contributed by atoms with Gasteiger partial charge in [-0.2, -0.15) is 0 Å². The lowest BCUT2D eigenvalue weighted by Gasteiger charge is -2.19. The van der Waals surface area contributed by atoms with Gasteiger partial charge < -0.3 is 9.47 Å². The van der Waals surface area contributed by atoms with Gasteiger partial charge in [-0.25, -0.2) is 0 Å². The van der Waals surface area contributed by atoms with Crippen LogP contribution in [0.4, 0.5) is 0 Å². The summed E-state index contributed by atoms with van der Waals surface area (Å²) in [7, 11) is 0. The molecule has 0 heterocycles. The summed E-state index contributed by atoms with van der Waals surface area (Å²) in [6, 6.07) is 26.2. The summed E-state index contributed by atoms with van der Waals surface area (Å²) in [6.07, 6.45) is 28.6. The molecule has 51 heavy (non-hydrogen) atoms. The second kappa shape index (κ2) is 27.3. The van der Waals surface area contributed by atoms with Crippen LogP contribution in [-0.4, -0.2) is 11.9 Å². The Kier molecular flexibility index (Phi) is 22.5. The molecule has 0 saturated heterocycles. The second-order valence-electron chi connectivity index (χ2n) is 14.5. The van der Waals surface area contributed by atoms with Crippen LogP contribution in [-0.2, 0) is 9.59 Å². The maximum absolute atomic E-state index is 12.5. The van der Waals surface area contributed by atoms with E-state index in [9.17, 15) is 9.59 Å². The van der Waals surface area contributed by atoms with Crippen LogP contribution < -0.4 is 9.47 Å². The molecule has 0 unspecified atom stereocenters. The third kappa shape index (κ3) is 18.6. The van der Waals surface area contributed by atoms with E-state index in [4.69, 9.17) is 9.47 Å². The highest BCUT2D eigenvalue weighted by molar-refractivity contribution is 5.72. The molecule has 0 radical (unpaired) electrons. The molecule has 4 nitrogen and oxygen atoms in total. The van der Waals surface area contributed by atoms with Gasteiger partial charge in [-0.15, -0.1) is 0 Å². The first kappa shape index (κ1) is 42.0. The van der Waals surface area contributed by atoms with E-state index in [0.717, 1.165) is 36.8 Å². The average Bonchev–Trinajstić information content (AvgIpc) is 3.15. The molecule has 0 aromatic heterocycles. The number of esters is 2. The predicted molar refractivity (Wildman–Crippen MR) is 214 cm³/mol. The molecule has 3 rings (SSSR count). The Balaban J connectivity index is 1.40. The Morgan fingerprint density at radius 3 is 1.02 bits per heavy atom. The largest absolute Gasteiger partial charge is 0.427 e. The molecule has 4 heteroatoms. The smallest absolute Gasteiger partial charge is 0.311 e. The summed E-state index contributed by atoms with van der Waals surface area (Å²) in [5.41, 5.74) is 3.38. The van der Waals surface area contributed by atoms with Crippen LogP contribution in [0, 0.1) is 0 Å². The van der Waals surface area contributed by atoms with Crippen molar-refractivity contribution in [2.45, 2.75) is 174 Å². The maximum atomic E-state index is 12.5. The third-order valence-electron chi connectivity index (χ3n) is 9.99. The van der Waals surface area contributed by atoms with Crippen molar-refractivity contribution in [2.24, 2.45) is 0 Å². The minimum atomic E-state index is -0.160. The van der Waals surface area contributed by atoms with Crippen LogP contribution in [0.15, 0.2) is 78.9 Å². The highest BCUT2D eigenvalue weighted by Crippen LogP contribution is 2.34. The maximum Gasteiger partial charge on any atom is 0.311 e. The molecule has 0 amide bonds. The van der Waals surface area contributed by atoms with Gasteiger partial charge >= 0.3 is 11.9 Å². The lowest BCUT2D eigenvalue weighted by atomic mass is 9.85. The molecule has 0 fully saturated rings. The number of hydrogen-bond donors (Lipinski definition) is 0. The molecule has 0 aliphatic heterocycles.